The molecule has 0 saturated heterocycles. The molecule has 1 aromatic heterocycles. The molecule has 0 aliphatic carbocycles. The molecule has 8 nitrogen and oxygen atoms in total. The van der Waals surface area contributed by atoms with E-state index in [0.29, 0.717) is 30.6 Å². The maximum absolute atomic E-state index is 13.0. The first-order valence-electron chi connectivity index (χ1n) is 13.4. The van der Waals surface area contributed by atoms with Gasteiger partial charge in [0.15, 0.2) is 0 Å². The first-order chi connectivity index (χ1) is 19.1. The average Bonchev–Trinajstić information content (AvgIpc) is 2.93. The molecule has 8 heteroatoms. The van der Waals surface area contributed by atoms with Crippen LogP contribution in [0.4, 0.5) is 10.5 Å². The van der Waals surface area contributed by atoms with E-state index in [1.165, 1.54) is 10.5 Å². The van der Waals surface area contributed by atoms with Crippen LogP contribution >= 0.6 is 0 Å². The highest BCUT2D eigenvalue weighted by atomic mass is 16.4. The molecule has 1 heterocycles. The number of pyridine rings is 1. The van der Waals surface area contributed by atoms with Gasteiger partial charge in [-0.2, -0.15) is 5.26 Å². The van der Waals surface area contributed by atoms with Crippen molar-refractivity contribution < 1.29 is 14.7 Å². The van der Waals surface area contributed by atoms with E-state index in [0.717, 1.165) is 40.3 Å². The van der Waals surface area contributed by atoms with E-state index in [1.807, 2.05) is 63.2 Å². The van der Waals surface area contributed by atoms with Crippen molar-refractivity contribution in [2.45, 2.75) is 39.2 Å². The molecule has 206 valence electrons. The third-order valence-corrected chi connectivity index (χ3v) is 7.01. The Bertz CT molecular complexity index is 1590. The van der Waals surface area contributed by atoms with Gasteiger partial charge in [-0.1, -0.05) is 24.3 Å². The SMILES string of the molecule is CN(CCCN(C(=O)O)C(C)(C)C)C(=O)c1ccc2cc(CCNc3ccnc4ccc(C#N)cc34)ccc2c1. The van der Waals surface area contributed by atoms with Crippen molar-refractivity contribution in [2.24, 2.45) is 0 Å². The lowest BCUT2D eigenvalue weighted by Crippen LogP contribution is -2.46. The number of hydrogen-bond acceptors (Lipinski definition) is 5. The van der Waals surface area contributed by atoms with E-state index >= 15 is 0 Å². The second-order valence-electron chi connectivity index (χ2n) is 11.0. The summed E-state index contributed by atoms with van der Waals surface area (Å²) in [6, 6.07) is 21.6. The molecule has 4 aromatic rings. The molecule has 0 bridgehead atoms. The Balaban J connectivity index is 1.36. The van der Waals surface area contributed by atoms with Crippen molar-refractivity contribution in [3.05, 3.63) is 83.6 Å². The van der Waals surface area contributed by atoms with E-state index < -0.39 is 11.6 Å². The molecule has 4 rings (SSSR count). The van der Waals surface area contributed by atoms with Gasteiger partial charge in [0.25, 0.3) is 5.91 Å². The van der Waals surface area contributed by atoms with Crippen LogP contribution in [0.3, 0.4) is 0 Å². The lowest BCUT2D eigenvalue weighted by molar-refractivity contribution is 0.0772. The van der Waals surface area contributed by atoms with Gasteiger partial charge in [-0.05, 0) is 86.3 Å². The molecule has 2 N–H and O–H groups in total. The topological polar surface area (TPSA) is 110 Å². The van der Waals surface area contributed by atoms with E-state index in [2.05, 4.69) is 28.5 Å². The molecule has 0 aliphatic rings. The zero-order valence-electron chi connectivity index (χ0n) is 23.4. The molecular formula is C32H35N5O3. The van der Waals surface area contributed by atoms with Crippen molar-refractivity contribution in [2.75, 3.05) is 32.0 Å². The Hall–Kier alpha value is -4.64. The number of aromatic nitrogens is 1. The van der Waals surface area contributed by atoms with E-state index in [4.69, 9.17) is 0 Å². The molecule has 3 aromatic carbocycles. The Morgan fingerprint density at radius 1 is 1.00 bits per heavy atom. The smallest absolute Gasteiger partial charge is 0.407 e. The quantitative estimate of drug-likeness (QED) is 0.265. The van der Waals surface area contributed by atoms with Crippen molar-refractivity contribution in [1.29, 1.82) is 5.26 Å². The summed E-state index contributed by atoms with van der Waals surface area (Å²) in [6.07, 6.45) is 2.18. The van der Waals surface area contributed by atoms with E-state index in [9.17, 15) is 20.0 Å². The summed E-state index contributed by atoms with van der Waals surface area (Å²) < 4.78 is 0. The second-order valence-corrected chi connectivity index (χ2v) is 11.0. The van der Waals surface area contributed by atoms with Crippen LogP contribution < -0.4 is 5.32 Å². The highest BCUT2D eigenvalue weighted by Gasteiger charge is 2.25. The fraction of sp³-hybridized carbons (Fsp3) is 0.312. The third-order valence-electron chi connectivity index (χ3n) is 7.01. The number of nitrogens with zero attached hydrogens (tertiary/aromatic N) is 4. The van der Waals surface area contributed by atoms with E-state index in [-0.39, 0.29) is 5.91 Å². The molecule has 2 amide bonds. The number of amides is 2. The molecule has 0 saturated carbocycles. The molecule has 0 radical (unpaired) electrons. The number of rotatable bonds is 9. The lowest BCUT2D eigenvalue weighted by atomic mass is 10.0. The Morgan fingerprint density at radius 3 is 2.48 bits per heavy atom. The lowest BCUT2D eigenvalue weighted by Gasteiger charge is -2.33. The number of hydrogen-bond donors (Lipinski definition) is 2. The normalized spacial score (nSPS) is 11.3. The molecule has 0 spiro atoms. The minimum atomic E-state index is -0.953. The number of carboxylic acid groups (broad SMARTS) is 1. The zero-order chi connectivity index (χ0) is 28.9. The largest absolute Gasteiger partial charge is 0.465 e. The zero-order valence-corrected chi connectivity index (χ0v) is 23.4. The summed E-state index contributed by atoms with van der Waals surface area (Å²) in [5.74, 6) is -0.0862. The van der Waals surface area contributed by atoms with Gasteiger partial charge >= 0.3 is 6.09 Å². The predicted octanol–water partition coefficient (Wildman–Crippen LogP) is 6.15. The Kier molecular flexibility index (Phi) is 8.54. The first kappa shape index (κ1) is 28.4. The highest BCUT2D eigenvalue weighted by Crippen LogP contribution is 2.24. The van der Waals surface area contributed by atoms with Crippen LogP contribution in [0.2, 0.25) is 0 Å². The van der Waals surface area contributed by atoms with Gasteiger partial charge in [0.2, 0.25) is 0 Å². The van der Waals surface area contributed by atoms with Crippen molar-refractivity contribution >= 4 is 39.4 Å². The maximum Gasteiger partial charge on any atom is 0.407 e. The van der Waals surface area contributed by atoms with Crippen LogP contribution in [0.15, 0.2) is 66.9 Å². The van der Waals surface area contributed by atoms with Crippen LogP contribution in [0.1, 0.15) is 48.7 Å². The molecule has 0 aliphatic heterocycles. The highest BCUT2D eigenvalue weighted by molar-refractivity contribution is 5.98. The number of carbonyl (C=O) groups excluding carboxylic acids is 1. The van der Waals surface area contributed by atoms with Gasteiger partial charge in [0.1, 0.15) is 0 Å². The summed E-state index contributed by atoms with van der Waals surface area (Å²) in [5, 5.41) is 25.2. The first-order valence-corrected chi connectivity index (χ1v) is 13.4. The van der Waals surface area contributed by atoms with Crippen LogP contribution in [-0.4, -0.2) is 64.1 Å². The molecule has 0 atom stereocenters. The molecule has 0 fully saturated rings. The van der Waals surface area contributed by atoms with Crippen molar-refractivity contribution in [3.63, 3.8) is 0 Å². The summed E-state index contributed by atoms with van der Waals surface area (Å²) in [7, 11) is 1.75. The fourth-order valence-corrected chi connectivity index (χ4v) is 4.80. The number of benzene rings is 3. The van der Waals surface area contributed by atoms with Crippen LogP contribution in [-0.2, 0) is 6.42 Å². The third kappa shape index (κ3) is 6.67. The number of anilines is 1. The van der Waals surface area contributed by atoms with Crippen LogP contribution in [0.25, 0.3) is 21.7 Å². The average molecular weight is 538 g/mol. The van der Waals surface area contributed by atoms with Crippen LogP contribution in [0, 0.1) is 11.3 Å². The van der Waals surface area contributed by atoms with Gasteiger partial charge in [-0.3, -0.25) is 9.78 Å². The molecule has 0 unspecified atom stereocenters. The minimum absolute atomic E-state index is 0.0862. The van der Waals surface area contributed by atoms with Gasteiger partial charge in [-0.25, -0.2) is 4.79 Å². The summed E-state index contributed by atoms with van der Waals surface area (Å²) in [5.41, 5.74) is 3.69. The van der Waals surface area contributed by atoms with Gasteiger partial charge in [-0.15, -0.1) is 0 Å². The monoisotopic (exact) mass is 537 g/mol. The predicted molar refractivity (Wildman–Crippen MR) is 159 cm³/mol. The van der Waals surface area contributed by atoms with Gasteiger partial charge < -0.3 is 20.2 Å². The molecular weight excluding hydrogens is 502 g/mol. The van der Waals surface area contributed by atoms with Gasteiger partial charge in [0, 0.05) is 55.1 Å². The number of fused-ring (bicyclic) bond motifs is 2. The minimum Gasteiger partial charge on any atom is -0.465 e. The Labute approximate surface area is 234 Å². The van der Waals surface area contributed by atoms with Gasteiger partial charge in [0.05, 0.1) is 17.1 Å². The second kappa shape index (κ2) is 12.0. The van der Waals surface area contributed by atoms with Crippen molar-refractivity contribution in [1.82, 2.24) is 14.8 Å². The standard InChI is InChI=1S/C32H35N5O3/c1-32(2,3)37(31(39)40)17-5-16-36(4)30(38)26-10-9-24-18-22(6-8-25(24)20-26)12-14-34-29-13-15-35-28-11-7-23(21-33)19-27(28)29/h6-11,13,15,18-20H,5,12,14,16-17H2,1-4H3,(H,34,35)(H,39,40). The summed E-state index contributed by atoms with van der Waals surface area (Å²) >= 11 is 0. The van der Waals surface area contributed by atoms with Crippen molar-refractivity contribution in [3.8, 4) is 6.07 Å². The van der Waals surface area contributed by atoms with Crippen LogP contribution in [0.5, 0.6) is 0 Å². The number of nitrogens with one attached hydrogen (secondary N) is 1. The number of carbonyl (C=O) groups is 2. The summed E-state index contributed by atoms with van der Waals surface area (Å²) in [4.78, 5) is 32.0. The fourth-order valence-electron chi connectivity index (χ4n) is 4.80. The maximum atomic E-state index is 13.0. The Morgan fingerprint density at radius 2 is 1.75 bits per heavy atom. The summed E-state index contributed by atoms with van der Waals surface area (Å²) in [6.45, 7) is 7.14. The molecule has 40 heavy (non-hydrogen) atoms. The number of nitriles is 1. The van der Waals surface area contributed by atoms with E-state index in [1.54, 1.807) is 24.2 Å².